The first kappa shape index (κ1) is 35.9. The van der Waals surface area contributed by atoms with Crippen LogP contribution in [0.5, 0.6) is 0 Å². The number of carbonyl (C=O) groups excluding carboxylic acids is 1. The van der Waals surface area contributed by atoms with Crippen LogP contribution in [0.4, 0.5) is 17.6 Å². The number of alkyl halides is 3. The highest BCUT2D eigenvalue weighted by molar-refractivity contribution is 5.94. The van der Waals surface area contributed by atoms with Crippen LogP contribution in [-0.4, -0.2) is 99.8 Å². The number of pyridine rings is 1. The lowest BCUT2D eigenvalue weighted by molar-refractivity contribution is -0.157. The summed E-state index contributed by atoms with van der Waals surface area (Å²) >= 11 is 0. The van der Waals surface area contributed by atoms with Crippen LogP contribution in [0.1, 0.15) is 55.1 Å². The second kappa shape index (κ2) is 14.6. The Morgan fingerprint density at radius 2 is 1.84 bits per heavy atom. The van der Waals surface area contributed by atoms with Crippen molar-refractivity contribution in [1.29, 1.82) is 5.26 Å². The monoisotopic (exact) mass is 699 g/mol. The third kappa shape index (κ3) is 7.13. The van der Waals surface area contributed by atoms with Crippen LogP contribution in [-0.2, 0) is 21.3 Å². The van der Waals surface area contributed by atoms with E-state index in [1.54, 1.807) is 29.3 Å². The number of aromatic amines is 1. The standard InChI is InChI=1S/C30H30F4N8O5.C2H3N/c31-23-19(4-8-35-25(23)30(32,33)34)27(45)40-10-6-18(7-11-40)41-14-29(15-41,21(28(46)47)2-1-3-22(43)44)42-13-17(12-39-42)24-20-5-9-36-26(20)38-16-37-24;1-2-3/h4-5,8-9,12-13,16,18,21H,1-3,6-7,10-11,14-15H2,(H,43,44)(H,46,47)(H,36,37,38);1H3. The first-order valence-corrected chi connectivity index (χ1v) is 15.6. The Morgan fingerprint density at radius 3 is 2.48 bits per heavy atom. The van der Waals surface area contributed by atoms with Crippen molar-refractivity contribution in [2.75, 3.05) is 26.2 Å². The molecule has 1 atom stereocenters. The van der Waals surface area contributed by atoms with Crippen molar-refractivity contribution in [1.82, 2.24) is 39.5 Å². The SMILES string of the molecule is CC#N.O=C(O)CCCC(C(=O)O)C1(n2cc(-c3ncnc4[nH]ccc34)cn2)CN(C2CCN(C(=O)c3ccnc(C(F)(F)F)c3F)CC2)C1. The number of nitriles is 1. The Bertz CT molecular complexity index is 1910. The van der Waals surface area contributed by atoms with Crippen LogP contribution in [0.25, 0.3) is 22.3 Å². The van der Waals surface area contributed by atoms with E-state index in [9.17, 15) is 42.2 Å². The zero-order chi connectivity index (χ0) is 36.2. The minimum Gasteiger partial charge on any atom is -0.481 e. The number of H-pyrrole nitrogens is 1. The number of carbonyl (C=O) groups is 3. The lowest BCUT2D eigenvalue weighted by atomic mass is 9.73. The van der Waals surface area contributed by atoms with E-state index in [2.05, 4.69) is 29.9 Å². The Kier molecular flexibility index (Phi) is 10.5. The second-order valence-electron chi connectivity index (χ2n) is 12.1. The molecule has 0 aromatic carbocycles. The molecule has 2 fully saturated rings. The van der Waals surface area contributed by atoms with E-state index < -0.39 is 52.6 Å². The largest absolute Gasteiger partial charge is 0.481 e. The van der Waals surface area contributed by atoms with Gasteiger partial charge in [-0.25, -0.2) is 19.3 Å². The Labute approximate surface area is 282 Å². The zero-order valence-electron chi connectivity index (χ0n) is 26.8. The van der Waals surface area contributed by atoms with Crippen molar-refractivity contribution < 1.29 is 42.2 Å². The molecule has 264 valence electrons. The normalized spacial score (nSPS) is 16.9. The molecule has 0 saturated carbocycles. The smallest absolute Gasteiger partial charge is 0.436 e. The average Bonchev–Trinajstić information content (AvgIpc) is 3.74. The van der Waals surface area contributed by atoms with Gasteiger partial charge in [-0.3, -0.25) is 24.0 Å². The summed E-state index contributed by atoms with van der Waals surface area (Å²) in [4.78, 5) is 54.9. The molecule has 2 aliphatic rings. The third-order valence-corrected chi connectivity index (χ3v) is 9.11. The molecule has 18 heteroatoms. The minimum absolute atomic E-state index is 0.0926. The number of aliphatic carboxylic acids is 2. The summed E-state index contributed by atoms with van der Waals surface area (Å²) in [5, 5.41) is 32.2. The Morgan fingerprint density at radius 1 is 1.14 bits per heavy atom. The van der Waals surface area contributed by atoms with Gasteiger partial charge in [-0.2, -0.15) is 23.5 Å². The summed E-state index contributed by atoms with van der Waals surface area (Å²) in [5.41, 5.74) is -1.58. The van der Waals surface area contributed by atoms with Crippen molar-refractivity contribution >= 4 is 28.9 Å². The van der Waals surface area contributed by atoms with Gasteiger partial charge < -0.3 is 20.1 Å². The number of rotatable bonds is 10. The van der Waals surface area contributed by atoms with Crippen LogP contribution in [0.2, 0.25) is 0 Å². The maximum Gasteiger partial charge on any atom is 0.436 e. The quantitative estimate of drug-likeness (QED) is 0.201. The Balaban J connectivity index is 0.00000156. The summed E-state index contributed by atoms with van der Waals surface area (Å²) in [7, 11) is 0. The molecule has 6 rings (SSSR count). The molecule has 6 heterocycles. The fourth-order valence-electron chi connectivity index (χ4n) is 6.72. The minimum atomic E-state index is -5.04. The molecule has 1 unspecified atom stereocenters. The number of halogens is 4. The van der Waals surface area contributed by atoms with Gasteiger partial charge in [0.05, 0.1) is 29.4 Å². The van der Waals surface area contributed by atoms with Gasteiger partial charge in [0, 0.05) is 75.1 Å². The van der Waals surface area contributed by atoms with E-state index >= 15 is 0 Å². The topological polar surface area (TPSA) is 194 Å². The fraction of sp³-hybridized carbons (Fsp3) is 0.438. The highest BCUT2D eigenvalue weighted by Gasteiger charge is 2.55. The van der Waals surface area contributed by atoms with Crippen molar-refractivity contribution in [2.24, 2.45) is 5.92 Å². The summed E-state index contributed by atoms with van der Waals surface area (Å²) in [5.74, 6) is -5.65. The maximum atomic E-state index is 14.6. The molecule has 50 heavy (non-hydrogen) atoms. The predicted octanol–water partition coefficient (Wildman–Crippen LogP) is 4.18. The summed E-state index contributed by atoms with van der Waals surface area (Å²) in [6.07, 6.45) is 3.11. The molecule has 0 bridgehead atoms. The van der Waals surface area contributed by atoms with E-state index in [-0.39, 0.29) is 51.5 Å². The molecule has 4 aromatic rings. The van der Waals surface area contributed by atoms with Crippen LogP contribution in [0.15, 0.2) is 43.2 Å². The van der Waals surface area contributed by atoms with Crippen molar-refractivity contribution in [3.63, 3.8) is 0 Å². The number of amides is 1. The van der Waals surface area contributed by atoms with E-state index in [4.69, 9.17) is 5.26 Å². The van der Waals surface area contributed by atoms with Crippen LogP contribution < -0.4 is 0 Å². The number of fused-ring (bicyclic) bond motifs is 1. The van der Waals surface area contributed by atoms with E-state index in [1.165, 1.54) is 18.2 Å². The first-order chi connectivity index (χ1) is 23.8. The molecule has 2 saturated heterocycles. The van der Waals surface area contributed by atoms with Gasteiger partial charge in [0.25, 0.3) is 5.91 Å². The van der Waals surface area contributed by atoms with Gasteiger partial charge in [0.15, 0.2) is 11.5 Å². The van der Waals surface area contributed by atoms with Crippen LogP contribution >= 0.6 is 0 Å². The predicted molar refractivity (Wildman–Crippen MR) is 167 cm³/mol. The lowest BCUT2D eigenvalue weighted by Gasteiger charge is -2.56. The molecule has 0 spiro atoms. The van der Waals surface area contributed by atoms with Crippen molar-refractivity contribution in [3.05, 3.63) is 60.3 Å². The zero-order valence-corrected chi connectivity index (χ0v) is 26.8. The number of aromatic nitrogens is 6. The van der Waals surface area contributed by atoms with Crippen LogP contribution in [0.3, 0.4) is 0 Å². The first-order valence-electron chi connectivity index (χ1n) is 15.6. The summed E-state index contributed by atoms with van der Waals surface area (Å²) < 4.78 is 55.7. The molecule has 1 amide bonds. The number of nitrogens with zero attached hydrogens (tertiary/aromatic N) is 8. The van der Waals surface area contributed by atoms with E-state index in [0.29, 0.717) is 29.7 Å². The fourth-order valence-corrected chi connectivity index (χ4v) is 6.72. The number of piperidine rings is 1. The number of hydrogen-bond donors (Lipinski definition) is 3. The highest BCUT2D eigenvalue weighted by atomic mass is 19.4. The summed E-state index contributed by atoms with van der Waals surface area (Å²) in [6.45, 7) is 2.29. The Hall–Kier alpha value is -5.44. The third-order valence-electron chi connectivity index (χ3n) is 9.11. The van der Waals surface area contributed by atoms with Crippen LogP contribution in [0, 0.1) is 23.1 Å². The highest BCUT2D eigenvalue weighted by Crippen LogP contribution is 2.42. The van der Waals surface area contributed by atoms with E-state index in [1.807, 2.05) is 6.07 Å². The molecule has 2 aliphatic heterocycles. The van der Waals surface area contributed by atoms with Crippen molar-refractivity contribution in [3.8, 4) is 17.3 Å². The molecular formula is C32H33F4N9O5. The molecule has 4 aromatic heterocycles. The van der Waals surface area contributed by atoms with Gasteiger partial charge in [-0.05, 0) is 37.8 Å². The number of hydrogen-bond acceptors (Lipinski definition) is 9. The number of likely N-dealkylation sites (tertiary alicyclic amines) is 2. The number of carboxylic acid groups (broad SMARTS) is 2. The van der Waals surface area contributed by atoms with Gasteiger partial charge in [-0.1, -0.05) is 0 Å². The molecule has 3 N–H and O–H groups in total. The number of nitrogens with one attached hydrogen (secondary N) is 1. The van der Waals surface area contributed by atoms with Crippen molar-refractivity contribution in [2.45, 2.75) is 56.8 Å². The maximum absolute atomic E-state index is 14.6. The van der Waals surface area contributed by atoms with Gasteiger partial charge >= 0.3 is 18.1 Å². The van der Waals surface area contributed by atoms with Gasteiger partial charge in [0.2, 0.25) is 0 Å². The molecule has 0 radical (unpaired) electrons. The second-order valence-corrected chi connectivity index (χ2v) is 12.1. The lowest BCUT2D eigenvalue weighted by Crippen LogP contribution is -2.70. The molecular weight excluding hydrogens is 666 g/mol. The molecule has 0 aliphatic carbocycles. The average molecular weight is 700 g/mol. The number of carboxylic acids is 2. The summed E-state index contributed by atoms with van der Waals surface area (Å²) in [6, 6.07) is 4.41. The van der Waals surface area contributed by atoms with Gasteiger partial charge in [0.1, 0.15) is 17.5 Å². The molecule has 14 nitrogen and oxygen atoms in total. The van der Waals surface area contributed by atoms with Gasteiger partial charge in [-0.15, -0.1) is 0 Å². The van der Waals surface area contributed by atoms with E-state index in [0.717, 1.165) is 17.6 Å².